The molecule has 0 unspecified atom stereocenters. The predicted molar refractivity (Wildman–Crippen MR) is 109 cm³/mol. The highest BCUT2D eigenvalue weighted by Crippen LogP contribution is 2.32. The van der Waals surface area contributed by atoms with Gasteiger partial charge in [0.15, 0.2) is 0 Å². The number of hydrogen-bond acceptors (Lipinski definition) is 5. The van der Waals surface area contributed by atoms with Crippen LogP contribution in [0.25, 0.3) is 11.3 Å². The van der Waals surface area contributed by atoms with Gasteiger partial charge in [0.1, 0.15) is 17.4 Å². The number of nitrogens with one attached hydrogen (secondary N) is 1. The molecule has 1 aromatic carbocycles. The minimum absolute atomic E-state index is 0.231. The van der Waals surface area contributed by atoms with Gasteiger partial charge in [-0.05, 0) is 38.1 Å². The monoisotopic (exact) mass is 408 g/mol. The summed E-state index contributed by atoms with van der Waals surface area (Å²) in [5, 5.41) is 3.21. The van der Waals surface area contributed by atoms with Crippen LogP contribution < -0.4 is 15.0 Å². The van der Waals surface area contributed by atoms with Crippen molar-refractivity contribution in [1.29, 1.82) is 0 Å². The molecule has 0 amide bonds. The van der Waals surface area contributed by atoms with Crippen LogP contribution in [0.1, 0.15) is 38.1 Å². The molecule has 1 fully saturated rings. The van der Waals surface area contributed by atoms with Crippen LogP contribution in [0.15, 0.2) is 36.5 Å². The summed E-state index contributed by atoms with van der Waals surface area (Å²) in [6, 6.07) is 5.76. The van der Waals surface area contributed by atoms with Crippen molar-refractivity contribution < 1.29 is 17.9 Å². The Morgan fingerprint density at radius 1 is 1.14 bits per heavy atom. The van der Waals surface area contributed by atoms with E-state index in [1.807, 2.05) is 51.9 Å². The van der Waals surface area contributed by atoms with E-state index in [0.29, 0.717) is 11.3 Å². The van der Waals surface area contributed by atoms with Gasteiger partial charge >= 0.3 is 6.36 Å². The summed E-state index contributed by atoms with van der Waals surface area (Å²) < 4.78 is 41.1. The summed E-state index contributed by atoms with van der Waals surface area (Å²) in [5.41, 5.74) is 2.28. The van der Waals surface area contributed by atoms with Gasteiger partial charge in [-0.15, -0.1) is 13.2 Å². The predicted octanol–water partition coefficient (Wildman–Crippen LogP) is 5.03. The summed E-state index contributed by atoms with van der Waals surface area (Å²) in [4.78, 5) is 11.3. The third-order valence-electron chi connectivity index (χ3n) is 4.35. The molecule has 1 aliphatic rings. The van der Waals surface area contributed by atoms with Gasteiger partial charge in [0.2, 0.25) is 0 Å². The molecule has 0 bridgehead atoms. The van der Waals surface area contributed by atoms with Crippen LogP contribution in [0.2, 0.25) is 0 Å². The number of benzene rings is 1. The highest BCUT2D eigenvalue weighted by atomic mass is 19.4. The van der Waals surface area contributed by atoms with Crippen molar-refractivity contribution in [2.24, 2.45) is 0 Å². The molecule has 2 aromatic rings. The third kappa shape index (κ3) is 5.69. The second-order valence-corrected chi connectivity index (χ2v) is 6.40. The first-order valence-corrected chi connectivity index (χ1v) is 9.59. The maximum Gasteiger partial charge on any atom is 0.573 e. The molecular formula is C21H27F3N4O. The molecule has 1 N–H and O–H groups in total. The summed E-state index contributed by atoms with van der Waals surface area (Å²) in [6.07, 6.45) is -0.892. The summed E-state index contributed by atoms with van der Waals surface area (Å²) in [6.45, 7) is 9.46. The number of alkyl halides is 3. The normalized spacial score (nSPS) is 14.2. The molecule has 5 nitrogen and oxygen atoms in total. The third-order valence-corrected chi connectivity index (χ3v) is 4.35. The van der Waals surface area contributed by atoms with Crippen LogP contribution in [0.3, 0.4) is 0 Å². The highest BCUT2D eigenvalue weighted by molar-refractivity contribution is 5.69. The Balaban J connectivity index is 0.00000145. The number of halogens is 3. The molecule has 0 spiro atoms. The molecular weight excluding hydrogens is 381 g/mol. The van der Waals surface area contributed by atoms with Crippen LogP contribution in [0, 0.1) is 6.92 Å². The van der Waals surface area contributed by atoms with E-state index in [2.05, 4.69) is 10.1 Å². The number of allylic oxidation sites excluding steroid dienone is 1. The first kappa shape index (κ1) is 22.7. The lowest BCUT2D eigenvalue weighted by molar-refractivity contribution is -0.274. The Morgan fingerprint density at radius 2 is 1.76 bits per heavy atom. The quantitative estimate of drug-likeness (QED) is 0.752. The van der Waals surface area contributed by atoms with Crippen LogP contribution >= 0.6 is 0 Å². The standard InChI is InChI=1S/C19H21F3N4O.C2H6/c1-4-9-26(3)18-12(2)16(24-17(25-18)14-10-23-11-14)13-5-7-15(8-6-13)27-19(20,21)22;1-2/h4-9,14,23H,10-11H2,1-3H3;1-2H3/b9-4+;. The molecule has 1 aliphatic heterocycles. The average Bonchev–Trinajstić information content (AvgIpc) is 2.63. The molecule has 0 aliphatic carbocycles. The zero-order valence-corrected chi connectivity index (χ0v) is 17.3. The van der Waals surface area contributed by atoms with Crippen molar-refractivity contribution in [3.05, 3.63) is 47.9 Å². The zero-order valence-electron chi connectivity index (χ0n) is 17.3. The van der Waals surface area contributed by atoms with Gasteiger partial charge in [-0.1, -0.05) is 19.9 Å². The van der Waals surface area contributed by atoms with Crippen LogP contribution in [-0.4, -0.2) is 36.5 Å². The molecule has 0 saturated carbocycles. The van der Waals surface area contributed by atoms with Crippen molar-refractivity contribution in [1.82, 2.24) is 15.3 Å². The summed E-state index contributed by atoms with van der Waals surface area (Å²) in [5.74, 6) is 1.48. The molecule has 29 heavy (non-hydrogen) atoms. The van der Waals surface area contributed by atoms with Gasteiger partial charge in [0.25, 0.3) is 0 Å². The minimum atomic E-state index is -4.71. The molecule has 1 saturated heterocycles. The molecule has 1 aromatic heterocycles. The summed E-state index contributed by atoms with van der Waals surface area (Å²) >= 11 is 0. The maximum atomic E-state index is 12.4. The maximum absolute atomic E-state index is 12.4. The van der Waals surface area contributed by atoms with Gasteiger partial charge in [-0.3, -0.25) is 0 Å². The van der Waals surface area contributed by atoms with Gasteiger partial charge in [0, 0.05) is 43.4 Å². The molecule has 158 valence electrons. The SMILES string of the molecule is C/C=C/N(C)c1nc(C2CNC2)nc(-c2ccc(OC(F)(F)F)cc2)c1C.CC. The Morgan fingerprint density at radius 3 is 2.24 bits per heavy atom. The van der Waals surface area contributed by atoms with Crippen molar-refractivity contribution >= 4 is 5.82 Å². The fourth-order valence-corrected chi connectivity index (χ4v) is 2.91. The van der Waals surface area contributed by atoms with Crippen LogP contribution in [0.4, 0.5) is 19.0 Å². The zero-order chi connectivity index (χ0) is 21.6. The Bertz CT molecular complexity index is 831. The number of anilines is 1. The number of rotatable bonds is 5. The summed E-state index contributed by atoms with van der Waals surface area (Å²) in [7, 11) is 1.90. The van der Waals surface area contributed by atoms with Crippen molar-refractivity contribution in [2.45, 2.75) is 40.0 Å². The second-order valence-electron chi connectivity index (χ2n) is 6.40. The smallest absolute Gasteiger partial charge is 0.406 e. The van der Waals surface area contributed by atoms with Gasteiger partial charge < -0.3 is 15.0 Å². The van der Waals surface area contributed by atoms with E-state index in [0.717, 1.165) is 30.3 Å². The van der Waals surface area contributed by atoms with Crippen molar-refractivity contribution in [3.8, 4) is 17.0 Å². The van der Waals surface area contributed by atoms with Crippen LogP contribution in [-0.2, 0) is 0 Å². The van der Waals surface area contributed by atoms with E-state index in [4.69, 9.17) is 9.97 Å². The second kappa shape index (κ2) is 9.73. The largest absolute Gasteiger partial charge is 0.573 e. The molecule has 0 atom stereocenters. The van der Waals surface area contributed by atoms with E-state index in [1.54, 1.807) is 12.1 Å². The molecule has 0 radical (unpaired) electrons. The first-order valence-electron chi connectivity index (χ1n) is 9.59. The number of ether oxygens (including phenoxy) is 1. The lowest BCUT2D eigenvalue weighted by Gasteiger charge is -2.28. The van der Waals surface area contributed by atoms with E-state index in [1.165, 1.54) is 12.1 Å². The molecule has 8 heteroatoms. The lowest BCUT2D eigenvalue weighted by Crippen LogP contribution is -2.41. The average molecular weight is 408 g/mol. The van der Waals surface area contributed by atoms with Crippen LogP contribution in [0.5, 0.6) is 5.75 Å². The van der Waals surface area contributed by atoms with E-state index in [-0.39, 0.29) is 11.7 Å². The van der Waals surface area contributed by atoms with E-state index < -0.39 is 6.36 Å². The Hall–Kier alpha value is -2.61. The topological polar surface area (TPSA) is 50.3 Å². The lowest BCUT2D eigenvalue weighted by atomic mass is 10.0. The van der Waals surface area contributed by atoms with Crippen molar-refractivity contribution in [2.75, 3.05) is 25.0 Å². The molecule has 3 rings (SSSR count). The fraction of sp³-hybridized carbons (Fsp3) is 0.429. The Kier molecular flexibility index (Phi) is 7.61. The fourth-order valence-electron chi connectivity index (χ4n) is 2.91. The van der Waals surface area contributed by atoms with Gasteiger partial charge in [0.05, 0.1) is 5.69 Å². The highest BCUT2D eigenvalue weighted by Gasteiger charge is 2.31. The van der Waals surface area contributed by atoms with Gasteiger partial charge in [-0.25, -0.2) is 9.97 Å². The Labute approximate surface area is 169 Å². The first-order chi connectivity index (χ1) is 13.8. The molecule has 2 heterocycles. The van der Waals surface area contributed by atoms with E-state index >= 15 is 0 Å². The number of hydrogen-bond donors (Lipinski definition) is 1. The van der Waals surface area contributed by atoms with Crippen molar-refractivity contribution in [3.63, 3.8) is 0 Å². The number of aromatic nitrogens is 2. The van der Waals surface area contributed by atoms with E-state index in [9.17, 15) is 13.2 Å². The number of nitrogens with zero attached hydrogens (tertiary/aromatic N) is 3. The minimum Gasteiger partial charge on any atom is -0.406 e. The van der Waals surface area contributed by atoms with Gasteiger partial charge in [-0.2, -0.15) is 0 Å².